The Morgan fingerprint density at radius 3 is 2.45 bits per heavy atom. The number of carboxylic acids is 2. The third-order valence-electron chi connectivity index (χ3n) is 3.46. The summed E-state index contributed by atoms with van der Waals surface area (Å²) in [6.07, 6.45) is 0.126. The molecule has 0 radical (unpaired) electrons. The SMILES string of the molecule is Cc1cc(C(=O)N2CCC(C(=O)O)C(C(=O)O)C2)n[nH]1. The third-order valence-corrected chi connectivity index (χ3v) is 3.46. The molecule has 0 bridgehead atoms. The summed E-state index contributed by atoms with van der Waals surface area (Å²) in [6, 6.07) is 1.57. The molecule has 0 aliphatic carbocycles. The van der Waals surface area contributed by atoms with Crippen LogP contribution in [-0.4, -0.2) is 56.2 Å². The molecule has 1 aliphatic rings. The highest BCUT2D eigenvalue weighted by atomic mass is 16.4. The Morgan fingerprint density at radius 1 is 1.30 bits per heavy atom. The summed E-state index contributed by atoms with van der Waals surface area (Å²) in [4.78, 5) is 35.7. The largest absolute Gasteiger partial charge is 0.481 e. The molecular weight excluding hydrogens is 266 g/mol. The molecule has 2 rings (SSSR count). The number of hydrogen-bond donors (Lipinski definition) is 3. The number of carbonyl (C=O) groups excluding carboxylic acids is 1. The van der Waals surface area contributed by atoms with Gasteiger partial charge in [-0.2, -0.15) is 5.10 Å². The minimum atomic E-state index is -1.20. The number of aromatic amines is 1. The van der Waals surface area contributed by atoms with Gasteiger partial charge in [0.15, 0.2) is 0 Å². The number of carbonyl (C=O) groups is 3. The van der Waals surface area contributed by atoms with Crippen molar-refractivity contribution in [2.24, 2.45) is 11.8 Å². The van der Waals surface area contributed by atoms with Crippen LogP contribution >= 0.6 is 0 Å². The minimum Gasteiger partial charge on any atom is -0.481 e. The van der Waals surface area contributed by atoms with Crippen LogP contribution in [0.3, 0.4) is 0 Å². The van der Waals surface area contributed by atoms with E-state index in [1.54, 1.807) is 13.0 Å². The molecule has 0 aromatic carbocycles. The first-order valence-corrected chi connectivity index (χ1v) is 6.17. The van der Waals surface area contributed by atoms with Crippen LogP contribution in [0.2, 0.25) is 0 Å². The summed E-state index contributed by atoms with van der Waals surface area (Å²) in [5, 5.41) is 24.6. The topological polar surface area (TPSA) is 124 Å². The van der Waals surface area contributed by atoms with Gasteiger partial charge in [0.2, 0.25) is 0 Å². The third kappa shape index (κ3) is 2.63. The summed E-state index contributed by atoms with van der Waals surface area (Å²) >= 11 is 0. The molecule has 1 aliphatic heterocycles. The van der Waals surface area contributed by atoms with E-state index in [0.29, 0.717) is 0 Å². The zero-order valence-electron chi connectivity index (χ0n) is 10.9. The molecule has 2 heterocycles. The summed E-state index contributed by atoms with van der Waals surface area (Å²) in [5.41, 5.74) is 0.934. The number of aromatic nitrogens is 2. The Morgan fingerprint density at radius 2 is 1.95 bits per heavy atom. The summed E-state index contributed by atoms with van der Waals surface area (Å²) in [7, 11) is 0. The van der Waals surface area contributed by atoms with Crippen molar-refractivity contribution in [3.8, 4) is 0 Å². The lowest BCUT2D eigenvalue weighted by atomic mass is 9.85. The Hall–Kier alpha value is -2.38. The standard InChI is InChI=1S/C12H15N3O5/c1-6-4-9(14-13-6)10(16)15-3-2-7(11(17)18)8(5-15)12(19)20/h4,7-8H,2-3,5H2,1H3,(H,13,14)(H,17,18)(H,19,20). The van der Waals surface area contributed by atoms with E-state index >= 15 is 0 Å². The van der Waals surface area contributed by atoms with Crippen LogP contribution in [0.25, 0.3) is 0 Å². The van der Waals surface area contributed by atoms with Gasteiger partial charge in [0.1, 0.15) is 5.69 Å². The van der Waals surface area contributed by atoms with E-state index in [1.165, 1.54) is 4.90 Å². The Kier molecular flexibility index (Phi) is 3.73. The predicted octanol–water partition coefficient (Wildman–Crippen LogP) is -0.0344. The lowest BCUT2D eigenvalue weighted by molar-refractivity contribution is -0.156. The van der Waals surface area contributed by atoms with Crippen LogP contribution in [-0.2, 0) is 9.59 Å². The van der Waals surface area contributed by atoms with Crippen LogP contribution in [0.5, 0.6) is 0 Å². The molecule has 0 spiro atoms. The van der Waals surface area contributed by atoms with Gasteiger partial charge in [0.25, 0.3) is 5.91 Å². The van der Waals surface area contributed by atoms with E-state index in [4.69, 9.17) is 10.2 Å². The molecule has 2 unspecified atom stereocenters. The number of hydrogen-bond acceptors (Lipinski definition) is 4. The molecule has 8 heteroatoms. The molecule has 1 aromatic heterocycles. The maximum absolute atomic E-state index is 12.2. The second kappa shape index (κ2) is 5.32. The summed E-state index contributed by atoms with van der Waals surface area (Å²) < 4.78 is 0. The van der Waals surface area contributed by atoms with Crippen molar-refractivity contribution in [2.75, 3.05) is 13.1 Å². The quantitative estimate of drug-likeness (QED) is 0.714. The van der Waals surface area contributed by atoms with Crippen molar-refractivity contribution < 1.29 is 24.6 Å². The second-order valence-corrected chi connectivity index (χ2v) is 4.87. The lowest BCUT2D eigenvalue weighted by Crippen LogP contribution is -2.48. The number of carboxylic acid groups (broad SMARTS) is 2. The Bertz CT molecular complexity index is 553. The van der Waals surface area contributed by atoms with Gasteiger partial charge in [-0.05, 0) is 19.4 Å². The number of nitrogens with one attached hydrogen (secondary N) is 1. The van der Waals surface area contributed by atoms with Crippen LogP contribution in [0.4, 0.5) is 0 Å². The fourth-order valence-corrected chi connectivity index (χ4v) is 2.37. The number of aryl methyl sites for hydroxylation is 1. The van der Waals surface area contributed by atoms with E-state index in [0.717, 1.165) is 5.69 Å². The molecule has 108 valence electrons. The van der Waals surface area contributed by atoms with E-state index in [9.17, 15) is 14.4 Å². The second-order valence-electron chi connectivity index (χ2n) is 4.87. The molecular formula is C12H15N3O5. The zero-order valence-corrected chi connectivity index (χ0v) is 10.9. The number of piperidine rings is 1. The molecule has 0 saturated carbocycles. The van der Waals surface area contributed by atoms with Crippen LogP contribution in [0.1, 0.15) is 22.6 Å². The lowest BCUT2D eigenvalue weighted by Gasteiger charge is -2.34. The maximum atomic E-state index is 12.2. The fourth-order valence-electron chi connectivity index (χ4n) is 2.37. The Labute approximate surface area is 114 Å². The van der Waals surface area contributed by atoms with Gasteiger partial charge in [0, 0.05) is 18.8 Å². The Balaban J connectivity index is 2.14. The number of likely N-dealkylation sites (tertiary alicyclic amines) is 1. The van der Waals surface area contributed by atoms with E-state index < -0.39 is 23.8 Å². The van der Waals surface area contributed by atoms with Crippen molar-refractivity contribution in [1.29, 1.82) is 0 Å². The van der Waals surface area contributed by atoms with Crippen molar-refractivity contribution in [3.05, 3.63) is 17.5 Å². The van der Waals surface area contributed by atoms with Gasteiger partial charge in [0.05, 0.1) is 11.8 Å². The number of H-pyrrole nitrogens is 1. The van der Waals surface area contributed by atoms with Gasteiger partial charge in [-0.1, -0.05) is 0 Å². The van der Waals surface area contributed by atoms with Crippen molar-refractivity contribution in [2.45, 2.75) is 13.3 Å². The number of amides is 1. The average molecular weight is 281 g/mol. The average Bonchev–Trinajstić information content (AvgIpc) is 2.83. The zero-order chi connectivity index (χ0) is 14.9. The molecule has 2 atom stereocenters. The summed E-state index contributed by atoms with van der Waals surface area (Å²) in [5.74, 6) is -4.78. The van der Waals surface area contributed by atoms with Gasteiger partial charge in [-0.15, -0.1) is 0 Å². The first-order chi connectivity index (χ1) is 9.40. The number of aliphatic carboxylic acids is 2. The number of rotatable bonds is 3. The fraction of sp³-hybridized carbons (Fsp3) is 0.500. The van der Waals surface area contributed by atoms with Gasteiger partial charge in [-0.3, -0.25) is 19.5 Å². The van der Waals surface area contributed by atoms with E-state index in [1.807, 2.05) is 0 Å². The van der Waals surface area contributed by atoms with Crippen LogP contribution in [0, 0.1) is 18.8 Å². The molecule has 1 saturated heterocycles. The van der Waals surface area contributed by atoms with Crippen molar-refractivity contribution >= 4 is 17.8 Å². The predicted molar refractivity (Wildman–Crippen MR) is 66.1 cm³/mol. The van der Waals surface area contributed by atoms with Gasteiger partial charge in [-0.25, -0.2) is 0 Å². The number of nitrogens with zero attached hydrogens (tertiary/aromatic N) is 2. The minimum absolute atomic E-state index is 0.114. The normalized spacial score (nSPS) is 22.6. The molecule has 3 N–H and O–H groups in total. The molecule has 1 amide bonds. The highest BCUT2D eigenvalue weighted by Crippen LogP contribution is 2.25. The highest BCUT2D eigenvalue weighted by molar-refractivity contribution is 5.93. The smallest absolute Gasteiger partial charge is 0.309 e. The molecule has 1 aromatic rings. The highest BCUT2D eigenvalue weighted by Gasteiger charge is 2.40. The van der Waals surface area contributed by atoms with Gasteiger partial charge >= 0.3 is 11.9 Å². The van der Waals surface area contributed by atoms with Crippen LogP contribution < -0.4 is 0 Å². The van der Waals surface area contributed by atoms with Crippen LogP contribution in [0.15, 0.2) is 6.07 Å². The first kappa shape index (κ1) is 14.0. The first-order valence-electron chi connectivity index (χ1n) is 6.17. The maximum Gasteiger partial charge on any atom is 0.309 e. The molecule has 1 fully saturated rings. The van der Waals surface area contributed by atoms with Gasteiger partial charge < -0.3 is 15.1 Å². The molecule has 20 heavy (non-hydrogen) atoms. The summed E-state index contributed by atoms with van der Waals surface area (Å²) in [6.45, 7) is 1.85. The van der Waals surface area contributed by atoms with Crippen molar-refractivity contribution in [3.63, 3.8) is 0 Å². The molecule has 8 nitrogen and oxygen atoms in total. The monoisotopic (exact) mass is 281 g/mol. The van der Waals surface area contributed by atoms with E-state index in [-0.39, 0.29) is 31.1 Å². The van der Waals surface area contributed by atoms with E-state index in [2.05, 4.69) is 10.2 Å². The van der Waals surface area contributed by atoms with Crippen molar-refractivity contribution in [1.82, 2.24) is 15.1 Å².